The van der Waals surface area contributed by atoms with E-state index in [-0.39, 0.29) is 0 Å². The van der Waals surface area contributed by atoms with E-state index in [1.807, 2.05) is 30.0 Å². The SMILES string of the molecule is CCSCC(C)n1c(N)nc2c(OC)cccc21. The molecule has 0 saturated heterocycles. The lowest BCUT2D eigenvalue weighted by molar-refractivity contribution is 0.419. The van der Waals surface area contributed by atoms with Crippen LogP contribution in [0.25, 0.3) is 11.0 Å². The van der Waals surface area contributed by atoms with Gasteiger partial charge in [-0.2, -0.15) is 11.8 Å². The third kappa shape index (κ3) is 2.27. The monoisotopic (exact) mass is 265 g/mol. The highest BCUT2D eigenvalue weighted by Crippen LogP contribution is 2.30. The van der Waals surface area contributed by atoms with Crippen molar-refractivity contribution in [3.05, 3.63) is 18.2 Å². The van der Waals surface area contributed by atoms with E-state index in [1.54, 1.807) is 7.11 Å². The van der Waals surface area contributed by atoms with Gasteiger partial charge in [0.15, 0.2) is 0 Å². The van der Waals surface area contributed by atoms with E-state index in [2.05, 4.69) is 23.4 Å². The number of nitrogens with two attached hydrogens (primary N) is 1. The third-order valence-electron chi connectivity index (χ3n) is 2.93. The van der Waals surface area contributed by atoms with E-state index in [0.717, 1.165) is 28.3 Å². The van der Waals surface area contributed by atoms with Crippen LogP contribution in [0.15, 0.2) is 18.2 Å². The lowest BCUT2D eigenvalue weighted by Gasteiger charge is -2.15. The molecule has 18 heavy (non-hydrogen) atoms. The average Bonchev–Trinajstić information content (AvgIpc) is 2.71. The Morgan fingerprint density at radius 1 is 1.50 bits per heavy atom. The van der Waals surface area contributed by atoms with Crippen molar-refractivity contribution in [2.24, 2.45) is 0 Å². The molecule has 4 nitrogen and oxygen atoms in total. The van der Waals surface area contributed by atoms with Crippen molar-refractivity contribution in [3.8, 4) is 5.75 Å². The number of hydrogen-bond donors (Lipinski definition) is 1. The van der Waals surface area contributed by atoms with Crippen molar-refractivity contribution in [2.75, 3.05) is 24.3 Å². The molecule has 0 aliphatic carbocycles. The molecule has 2 N–H and O–H groups in total. The maximum Gasteiger partial charge on any atom is 0.201 e. The van der Waals surface area contributed by atoms with Gasteiger partial charge in [-0.1, -0.05) is 13.0 Å². The minimum Gasteiger partial charge on any atom is -0.494 e. The number of hydrogen-bond acceptors (Lipinski definition) is 4. The summed E-state index contributed by atoms with van der Waals surface area (Å²) in [6.07, 6.45) is 0. The molecule has 1 aromatic carbocycles. The van der Waals surface area contributed by atoms with Crippen LogP contribution in [-0.2, 0) is 0 Å². The molecule has 1 heterocycles. The summed E-state index contributed by atoms with van der Waals surface area (Å²) in [7, 11) is 1.65. The summed E-state index contributed by atoms with van der Waals surface area (Å²) in [4.78, 5) is 4.42. The number of thioether (sulfide) groups is 1. The molecule has 1 aromatic heterocycles. The lowest BCUT2D eigenvalue weighted by atomic mass is 10.2. The standard InChI is InChI=1S/C13H19N3OS/c1-4-18-8-9(2)16-10-6-5-7-11(17-3)12(10)15-13(16)14/h5-7,9H,4,8H2,1-3H3,(H2,14,15). The zero-order chi connectivity index (χ0) is 13.1. The van der Waals surface area contributed by atoms with Gasteiger partial charge >= 0.3 is 0 Å². The number of benzene rings is 1. The first kappa shape index (κ1) is 13.1. The van der Waals surface area contributed by atoms with Crippen LogP contribution in [-0.4, -0.2) is 28.2 Å². The van der Waals surface area contributed by atoms with E-state index in [1.165, 1.54) is 0 Å². The number of imidazole rings is 1. The molecule has 0 amide bonds. The van der Waals surface area contributed by atoms with E-state index >= 15 is 0 Å². The van der Waals surface area contributed by atoms with E-state index < -0.39 is 0 Å². The molecule has 0 aliphatic rings. The minimum absolute atomic E-state index is 0.326. The molecule has 1 unspecified atom stereocenters. The highest BCUT2D eigenvalue weighted by Gasteiger charge is 2.16. The van der Waals surface area contributed by atoms with Crippen LogP contribution in [0.3, 0.4) is 0 Å². The number of nitrogen functional groups attached to an aromatic ring is 1. The van der Waals surface area contributed by atoms with Crippen LogP contribution in [0.4, 0.5) is 5.95 Å². The van der Waals surface area contributed by atoms with Crippen molar-refractivity contribution in [2.45, 2.75) is 19.9 Å². The second-order valence-corrected chi connectivity index (χ2v) is 5.50. The van der Waals surface area contributed by atoms with Gasteiger partial charge in [0.2, 0.25) is 5.95 Å². The number of rotatable bonds is 5. The van der Waals surface area contributed by atoms with Crippen LogP contribution < -0.4 is 10.5 Å². The van der Waals surface area contributed by atoms with Gasteiger partial charge in [0, 0.05) is 11.8 Å². The first-order valence-electron chi connectivity index (χ1n) is 6.07. The first-order valence-corrected chi connectivity index (χ1v) is 7.22. The highest BCUT2D eigenvalue weighted by atomic mass is 32.2. The Labute approximate surface area is 112 Å². The quantitative estimate of drug-likeness (QED) is 0.903. The van der Waals surface area contributed by atoms with E-state index in [0.29, 0.717) is 12.0 Å². The van der Waals surface area contributed by atoms with Gasteiger partial charge in [0.25, 0.3) is 0 Å². The number of methoxy groups -OCH3 is 1. The second-order valence-electron chi connectivity index (χ2n) is 4.18. The van der Waals surface area contributed by atoms with Gasteiger partial charge < -0.3 is 15.0 Å². The highest BCUT2D eigenvalue weighted by molar-refractivity contribution is 7.99. The zero-order valence-corrected chi connectivity index (χ0v) is 11.8. The van der Waals surface area contributed by atoms with Gasteiger partial charge in [0.1, 0.15) is 11.3 Å². The lowest BCUT2D eigenvalue weighted by Crippen LogP contribution is -2.11. The van der Waals surface area contributed by atoms with Crippen molar-refractivity contribution < 1.29 is 4.74 Å². The van der Waals surface area contributed by atoms with Gasteiger partial charge in [-0.25, -0.2) is 4.98 Å². The molecular formula is C13H19N3OS. The van der Waals surface area contributed by atoms with Crippen molar-refractivity contribution in [1.82, 2.24) is 9.55 Å². The number of para-hydroxylation sites is 1. The molecule has 0 fully saturated rings. The maximum absolute atomic E-state index is 6.04. The summed E-state index contributed by atoms with van der Waals surface area (Å²) in [5.41, 5.74) is 7.91. The fraction of sp³-hybridized carbons (Fsp3) is 0.462. The summed E-state index contributed by atoms with van der Waals surface area (Å²) in [6.45, 7) is 4.33. The number of ether oxygens (including phenoxy) is 1. The number of fused-ring (bicyclic) bond motifs is 1. The molecule has 0 spiro atoms. The summed E-state index contributed by atoms with van der Waals surface area (Å²) >= 11 is 1.91. The molecule has 0 aliphatic heterocycles. The third-order valence-corrected chi connectivity index (χ3v) is 4.06. The van der Waals surface area contributed by atoms with E-state index in [4.69, 9.17) is 10.5 Å². The molecule has 1 atom stereocenters. The normalized spacial score (nSPS) is 12.8. The smallest absolute Gasteiger partial charge is 0.201 e. The fourth-order valence-electron chi connectivity index (χ4n) is 2.10. The Hall–Kier alpha value is -1.36. The fourth-order valence-corrected chi connectivity index (χ4v) is 2.83. The van der Waals surface area contributed by atoms with Crippen molar-refractivity contribution >= 4 is 28.7 Å². The Kier molecular flexibility index (Phi) is 4.01. The zero-order valence-electron chi connectivity index (χ0n) is 11.0. The minimum atomic E-state index is 0.326. The van der Waals surface area contributed by atoms with Crippen LogP contribution in [0.5, 0.6) is 5.75 Å². The van der Waals surface area contributed by atoms with Gasteiger partial charge in [-0.05, 0) is 24.8 Å². The summed E-state index contributed by atoms with van der Waals surface area (Å²) < 4.78 is 7.40. The number of nitrogens with zero attached hydrogens (tertiary/aromatic N) is 2. The Bertz CT molecular complexity index is 538. The average molecular weight is 265 g/mol. The second kappa shape index (κ2) is 5.52. The van der Waals surface area contributed by atoms with Crippen molar-refractivity contribution in [3.63, 3.8) is 0 Å². The summed E-state index contributed by atoms with van der Waals surface area (Å²) in [5, 5.41) is 0. The summed E-state index contributed by atoms with van der Waals surface area (Å²) in [6, 6.07) is 6.24. The van der Waals surface area contributed by atoms with Crippen molar-refractivity contribution in [1.29, 1.82) is 0 Å². The van der Waals surface area contributed by atoms with Crippen LogP contribution in [0, 0.1) is 0 Å². The molecular weight excluding hydrogens is 246 g/mol. The predicted molar refractivity (Wildman–Crippen MR) is 78.4 cm³/mol. The van der Waals surface area contributed by atoms with Crippen LogP contribution in [0.2, 0.25) is 0 Å². The van der Waals surface area contributed by atoms with Gasteiger partial charge in [0.05, 0.1) is 12.6 Å². The summed E-state index contributed by atoms with van der Waals surface area (Å²) in [5.74, 6) is 3.47. The Morgan fingerprint density at radius 3 is 2.94 bits per heavy atom. The maximum atomic E-state index is 6.04. The van der Waals surface area contributed by atoms with E-state index in [9.17, 15) is 0 Å². The number of anilines is 1. The van der Waals surface area contributed by atoms with Gasteiger partial charge in [-0.15, -0.1) is 0 Å². The Morgan fingerprint density at radius 2 is 2.28 bits per heavy atom. The van der Waals surface area contributed by atoms with Crippen LogP contribution in [0.1, 0.15) is 19.9 Å². The molecule has 2 aromatic rings. The predicted octanol–water partition coefficient (Wildman–Crippen LogP) is 2.94. The van der Waals surface area contributed by atoms with Crippen LogP contribution >= 0.6 is 11.8 Å². The first-order chi connectivity index (χ1) is 8.69. The molecule has 0 bridgehead atoms. The molecule has 2 rings (SSSR count). The van der Waals surface area contributed by atoms with Gasteiger partial charge in [-0.3, -0.25) is 0 Å². The number of aromatic nitrogens is 2. The Balaban J connectivity index is 2.47. The topological polar surface area (TPSA) is 53.1 Å². The molecule has 0 radical (unpaired) electrons. The molecule has 98 valence electrons. The largest absolute Gasteiger partial charge is 0.494 e. The molecule has 0 saturated carbocycles. The molecule has 5 heteroatoms.